The number of hydrogen-bond acceptors (Lipinski definition) is 2. The van der Waals surface area contributed by atoms with E-state index in [-0.39, 0.29) is 0 Å². The molecule has 1 aliphatic heterocycles. The predicted molar refractivity (Wildman–Crippen MR) is 69.7 cm³/mol. The molecule has 0 aromatic heterocycles. The lowest BCUT2D eigenvalue weighted by Gasteiger charge is -2.30. The van der Waals surface area contributed by atoms with E-state index in [1.807, 2.05) is 0 Å². The molecular formula is C14H28N2. The SMILES string of the molecule is CC1CCC(NC(C)CN2CCCCC2)C1. The van der Waals surface area contributed by atoms with Crippen LogP contribution in [-0.2, 0) is 0 Å². The van der Waals surface area contributed by atoms with Gasteiger partial charge >= 0.3 is 0 Å². The molecule has 0 aromatic rings. The molecule has 1 saturated heterocycles. The highest BCUT2D eigenvalue weighted by Crippen LogP contribution is 2.24. The summed E-state index contributed by atoms with van der Waals surface area (Å²) >= 11 is 0. The highest BCUT2D eigenvalue weighted by atomic mass is 15.2. The molecule has 0 spiro atoms. The molecule has 2 aliphatic rings. The Morgan fingerprint density at radius 3 is 2.56 bits per heavy atom. The Hall–Kier alpha value is -0.0800. The molecular weight excluding hydrogens is 196 g/mol. The normalized spacial score (nSPS) is 34.1. The van der Waals surface area contributed by atoms with Gasteiger partial charge in [-0.3, -0.25) is 0 Å². The smallest absolute Gasteiger partial charge is 0.0169 e. The molecule has 0 bridgehead atoms. The number of likely N-dealkylation sites (tertiary alicyclic amines) is 1. The van der Waals surface area contributed by atoms with E-state index >= 15 is 0 Å². The van der Waals surface area contributed by atoms with Crippen molar-refractivity contribution < 1.29 is 0 Å². The molecule has 1 heterocycles. The fourth-order valence-electron chi connectivity index (χ4n) is 3.34. The maximum atomic E-state index is 3.81. The zero-order valence-corrected chi connectivity index (χ0v) is 11.0. The van der Waals surface area contributed by atoms with Crippen molar-refractivity contribution in [1.29, 1.82) is 0 Å². The topological polar surface area (TPSA) is 15.3 Å². The molecule has 1 saturated carbocycles. The number of piperidine rings is 1. The van der Waals surface area contributed by atoms with Gasteiger partial charge in [0, 0.05) is 18.6 Å². The van der Waals surface area contributed by atoms with Crippen molar-refractivity contribution in [3.63, 3.8) is 0 Å². The van der Waals surface area contributed by atoms with Gasteiger partial charge in [-0.1, -0.05) is 13.3 Å². The van der Waals surface area contributed by atoms with Crippen molar-refractivity contribution in [3.05, 3.63) is 0 Å². The molecule has 2 rings (SSSR count). The molecule has 1 N–H and O–H groups in total. The Morgan fingerprint density at radius 1 is 1.19 bits per heavy atom. The second-order valence-electron chi connectivity index (χ2n) is 6.04. The summed E-state index contributed by atoms with van der Waals surface area (Å²) in [5.41, 5.74) is 0. The fourth-order valence-corrected chi connectivity index (χ4v) is 3.34. The maximum Gasteiger partial charge on any atom is 0.0169 e. The van der Waals surface area contributed by atoms with Gasteiger partial charge in [0.25, 0.3) is 0 Å². The Bertz CT molecular complexity index is 192. The zero-order chi connectivity index (χ0) is 11.4. The highest BCUT2D eigenvalue weighted by Gasteiger charge is 2.23. The van der Waals surface area contributed by atoms with Gasteiger partial charge in [0.1, 0.15) is 0 Å². The molecule has 2 heteroatoms. The van der Waals surface area contributed by atoms with Crippen molar-refractivity contribution in [2.24, 2.45) is 5.92 Å². The first-order valence-corrected chi connectivity index (χ1v) is 7.22. The number of nitrogens with one attached hydrogen (secondary N) is 1. The summed E-state index contributed by atoms with van der Waals surface area (Å²) in [5.74, 6) is 0.944. The summed E-state index contributed by atoms with van der Waals surface area (Å²) in [4.78, 5) is 2.64. The summed E-state index contributed by atoms with van der Waals surface area (Å²) in [7, 11) is 0. The van der Waals surface area contributed by atoms with Crippen molar-refractivity contribution >= 4 is 0 Å². The minimum atomic E-state index is 0.674. The van der Waals surface area contributed by atoms with Gasteiger partial charge in [-0.2, -0.15) is 0 Å². The first-order chi connectivity index (χ1) is 7.74. The molecule has 2 fully saturated rings. The van der Waals surface area contributed by atoms with Crippen LogP contribution in [0.15, 0.2) is 0 Å². The van der Waals surface area contributed by atoms with E-state index < -0.39 is 0 Å². The van der Waals surface area contributed by atoms with Crippen LogP contribution in [0.4, 0.5) is 0 Å². The van der Waals surface area contributed by atoms with E-state index in [1.165, 1.54) is 58.2 Å². The maximum absolute atomic E-state index is 3.81. The fraction of sp³-hybridized carbons (Fsp3) is 1.00. The van der Waals surface area contributed by atoms with Crippen LogP contribution >= 0.6 is 0 Å². The average Bonchev–Trinajstić information content (AvgIpc) is 2.65. The van der Waals surface area contributed by atoms with E-state index in [9.17, 15) is 0 Å². The van der Waals surface area contributed by atoms with E-state index in [1.54, 1.807) is 0 Å². The largest absolute Gasteiger partial charge is 0.310 e. The molecule has 0 amide bonds. The van der Waals surface area contributed by atoms with Crippen molar-refractivity contribution in [1.82, 2.24) is 10.2 Å². The highest BCUT2D eigenvalue weighted by molar-refractivity contribution is 4.82. The number of nitrogens with zero attached hydrogens (tertiary/aromatic N) is 1. The summed E-state index contributed by atoms with van der Waals surface area (Å²) < 4.78 is 0. The standard InChI is InChI=1S/C14H28N2/c1-12-6-7-14(10-12)15-13(2)11-16-8-4-3-5-9-16/h12-15H,3-11H2,1-2H3. The summed E-state index contributed by atoms with van der Waals surface area (Å²) in [5, 5.41) is 3.81. The summed E-state index contributed by atoms with van der Waals surface area (Å²) in [6.07, 6.45) is 8.47. The van der Waals surface area contributed by atoms with E-state index in [0.717, 1.165) is 12.0 Å². The second kappa shape index (κ2) is 6.02. The van der Waals surface area contributed by atoms with E-state index in [2.05, 4.69) is 24.1 Å². The van der Waals surface area contributed by atoms with Gasteiger partial charge < -0.3 is 10.2 Å². The van der Waals surface area contributed by atoms with Gasteiger partial charge in [-0.05, 0) is 58.0 Å². The Morgan fingerprint density at radius 2 is 1.94 bits per heavy atom. The monoisotopic (exact) mass is 224 g/mol. The molecule has 16 heavy (non-hydrogen) atoms. The lowest BCUT2D eigenvalue weighted by molar-refractivity contribution is 0.204. The molecule has 94 valence electrons. The zero-order valence-electron chi connectivity index (χ0n) is 11.0. The van der Waals surface area contributed by atoms with Gasteiger partial charge in [-0.15, -0.1) is 0 Å². The van der Waals surface area contributed by atoms with Crippen molar-refractivity contribution in [2.75, 3.05) is 19.6 Å². The minimum absolute atomic E-state index is 0.674. The molecule has 1 aliphatic carbocycles. The summed E-state index contributed by atoms with van der Waals surface area (Å²) in [6.45, 7) is 8.65. The van der Waals surface area contributed by atoms with Gasteiger partial charge in [0.2, 0.25) is 0 Å². The Labute approximate surface area is 101 Å². The molecule has 0 aromatic carbocycles. The van der Waals surface area contributed by atoms with Crippen LogP contribution in [0.25, 0.3) is 0 Å². The Kier molecular flexibility index (Phi) is 4.66. The number of hydrogen-bond donors (Lipinski definition) is 1. The van der Waals surface area contributed by atoms with Crippen molar-refractivity contribution in [2.45, 2.75) is 64.5 Å². The van der Waals surface area contributed by atoms with Crippen LogP contribution in [0.1, 0.15) is 52.4 Å². The first-order valence-electron chi connectivity index (χ1n) is 7.22. The van der Waals surface area contributed by atoms with Gasteiger partial charge in [0.15, 0.2) is 0 Å². The van der Waals surface area contributed by atoms with Crippen LogP contribution < -0.4 is 5.32 Å². The third kappa shape index (κ3) is 3.74. The third-order valence-electron chi connectivity index (χ3n) is 4.20. The van der Waals surface area contributed by atoms with Crippen LogP contribution in [0.3, 0.4) is 0 Å². The Balaban J connectivity index is 1.65. The minimum Gasteiger partial charge on any atom is -0.310 e. The second-order valence-corrected chi connectivity index (χ2v) is 6.04. The van der Waals surface area contributed by atoms with Gasteiger partial charge in [-0.25, -0.2) is 0 Å². The first kappa shape index (κ1) is 12.4. The summed E-state index contributed by atoms with van der Waals surface area (Å²) in [6, 6.07) is 1.48. The van der Waals surface area contributed by atoms with Crippen molar-refractivity contribution in [3.8, 4) is 0 Å². The third-order valence-corrected chi connectivity index (χ3v) is 4.20. The lowest BCUT2D eigenvalue weighted by Crippen LogP contribution is -2.44. The average molecular weight is 224 g/mol. The van der Waals surface area contributed by atoms with Crippen LogP contribution in [-0.4, -0.2) is 36.6 Å². The van der Waals surface area contributed by atoms with E-state index in [0.29, 0.717) is 6.04 Å². The molecule has 2 nitrogen and oxygen atoms in total. The van der Waals surface area contributed by atoms with Gasteiger partial charge in [0.05, 0.1) is 0 Å². The molecule has 0 radical (unpaired) electrons. The van der Waals surface area contributed by atoms with Crippen LogP contribution in [0.2, 0.25) is 0 Å². The lowest BCUT2D eigenvalue weighted by atomic mass is 10.1. The van der Waals surface area contributed by atoms with E-state index in [4.69, 9.17) is 0 Å². The quantitative estimate of drug-likeness (QED) is 0.790. The number of rotatable bonds is 4. The molecule has 3 atom stereocenters. The van der Waals surface area contributed by atoms with Crippen LogP contribution in [0.5, 0.6) is 0 Å². The molecule has 3 unspecified atom stereocenters. The van der Waals surface area contributed by atoms with Crippen LogP contribution in [0, 0.1) is 5.92 Å². The predicted octanol–water partition coefficient (Wildman–Crippen LogP) is 2.64.